The molecule has 0 amide bonds. The first-order valence-electron chi connectivity index (χ1n) is 7.09. The summed E-state index contributed by atoms with van der Waals surface area (Å²) in [4.78, 5) is 11.7. The first-order chi connectivity index (χ1) is 9.69. The molecule has 1 aromatic carbocycles. The topological polar surface area (TPSA) is 38.3 Å². The molecule has 20 heavy (non-hydrogen) atoms. The van der Waals surface area contributed by atoms with Gasteiger partial charge in [0.15, 0.2) is 0 Å². The van der Waals surface area contributed by atoms with Crippen molar-refractivity contribution >= 4 is 27.6 Å². The van der Waals surface area contributed by atoms with E-state index in [1.807, 2.05) is 25.1 Å². The predicted molar refractivity (Wildman–Crippen MR) is 82.9 cm³/mol. The monoisotopic (exact) mass is 335 g/mol. The summed E-state index contributed by atoms with van der Waals surface area (Å²) in [5.41, 5.74) is 1.62. The van der Waals surface area contributed by atoms with Crippen LogP contribution < -0.4 is 5.32 Å². The zero-order valence-electron chi connectivity index (χ0n) is 11.4. The van der Waals surface area contributed by atoms with E-state index in [4.69, 9.17) is 4.74 Å². The van der Waals surface area contributed by atoms with Crippen LogP contribution in [-0.2, 0) is 4.74 Å². The Morgan fingerprint density at radius 2 is 2.35 bits per heavy atom. The molecule has 3 rings (SSSR count). The fourth-order valence-corrected chi connectivity index (χ4v) is 3.55. The maximum absolute atomic E-state index is 11.7. The van der Waals surface area contributed by atoms with Gasteiger partial charge in [-0.05, 0) is 59.8 Å². The highest BCUT2D eigenvalue weighted by molar-refractivity contribution is 9.10. The summed E-state index contributed by atoms with van der Waals surface area (Å²) in [6, 6.07) is 6.10. The third-order valence-electron chi connectivity index (χ3n) is 4.18. The van der Waals surface area contributed by atoms with Crippen LogP contribution in [0, 0.1) is 11.8 Å². The summed E-state index contributed by atoms with van der Waals surface area (Å²) >= 11 is 3.53. The van der Waals surface area contributed by atoms with Gasteiger partial charge in [-0.2, -0.15) is 0 Å². The van der Waals surface area contributed by atoms with E-state index < -0.39 is 0 Å². The zero-order chi connectivity index (χ0) is 14.1. The minimum absolute atomic E-state index is 0.276. The molecule has 4 heteroatoms. The molecule has 0 radical (unpaired) electrons. The largest absolute Gasteiger partial charge is 0.462 e. The van der Waals surface area contributed by atoms with E-state index in [0.29, 0.717) is 24.1 Å². The van der Waals surface area contributed by atoms with E-state index in [0.717, 1.165) is 16.1 Å². The van der Waals surface area contributed by atoms with E-state index in [1.54, 1.807) is 0 Å². The summed E-state index contributed by atoms with van der Waals surface area (Å²) in [5, 5.41) is 3.57. The molecular formula is C16H18BrNO2. The van der Waals surface area contributed by atoms with Crippen molar-refractivity contribution in [1.82, 2.24) is 0 Å². The van der Waals surface area contributed by atoms with E-state index in [1.165, 1.54) is 12.8 Å². The molecule has 0 spiro atoms. The minimum Gasteiger partial charge on any atom is -0.462 e. The van der Waals surface area contributed by atoms with Gasteiger partial charge in [0.25, 0.3) is 0 Å². The van der Waals surface area contributed by atoms with Crippen molar-refractivity contribution in [3.05, 3.63) is 40.4 Å². The van der Waals surface area contributed by atoms with E-state index in [2.05, 4.69) is 33.4 Å². The number of allylic oxidation sites excluding steroid dienone is 1. The number of fused-ring (bicyclic) bond motifs is 1. The number of benzene rings is 1. The molecule has 0 aromatic heterocycles. The van der Waals surface area contributed by atoms with Crippen LogP contribution in [0.5, 0.6) is 0 Å². The summed E-state index contributed by atoms with van der Waals surface area (Å²) < 4.78 is 5.91. The Kier molecular flexibility index (Phi) is 3.83. The van der Waals surface area contributed by atoms with Gasteiger partial charge in [-0.1, -0.05) is 12.2 Å². The Balaban J connectivity index is 1.68. The molecule has 106 valence electrons. The molecule has 0 bridgehead atoms. The Bertz CT molecular complexity index is 555. The second-order valence-corrected chi connectivity index (χ2v) is 6.26. The first kappa shape index (κ1) is 13.7. The maximum Gasteiger partial charge on any atom is 0.338 e. The third kappa shape index (κ3) is 2.49. The van der Waals surface area contributed by atoms with Crippen LogP contribution in [0.25, 0.3) is 0 Å². The number of ether oxygens (including phenoxy) is 1. The SMILES string of the molecule is CCOC(=O)c1ccc(NC2CC3CC=CC32)c(Br)c1. The molecule has 1 saturated carbocycles. The molecule has 3 atom stereocenters. The quantitative estimate of drug-likeness (QED) is 0.667. The second kappa shape index (κ2) is 5.60. The van der Waals surface area contributed by atoms with Crippen LogP contribution in [0.3, 0.4) is 0 Å². The number of anilines is 1. The molecule has 3 nitrogen and oxygen atoms in total. The molecule has 1 N–H and O–H groups in total. The lowest BCUT2D eigenvalue weighted by Crippen LogP contribution is -2.43. The standard InChI is InChI=1S/C16H18BrNO2/c1-2-20-16(19)11-6-7-14(13(17)8-11)18-15-9-10-4-3-5-12(10)15/h3,5-8,10,12,15,18H,2,4,9H2,1H3. The van der Waals surface area contributed by atoms with Gasteiger partial charge in [0.2, 0.25) is 0 Å². The summed E-state index contributed by atoms with van der Waals surface area (Å²) in [7, 11) is 0. The summed E-state index contributed by atoms with van der Waals surface area (Å²) in [5.74, 6) is 1.24. The van der Waals surface area contributed by atoms with Gasteiger partial charge in [-0.25, -0.2) is 4.79 Å². The number of halogens is 1. The molecular weight excluding hydrogens is 318 g/mol. The Morgan fingerprint density at radius 3 is 3.05 bits per heavy atom. The Morgan fingerprint density at radius 1 is 1.50 bits per heavy atom. The number of carbonyl (C=O) groups excluding carboxylic acids is 1. The molecule has 3 unspecified atom stereocenters. The van der Waals surface area contributed by atoms with Crippen molar-refractivity contribution in [3.63, 3.8) is 0 Å². The fraction of sp³-hybridized carbons (Fsp3) is 0.438. The molecule has 2 aliphatic carbocycles. The van der Waals surface area contributed by atoms with Crippen molar-refractivity contribution in [3.8, 4) is 0 Å². The highest BCUT2D eigenvalue weighted by Gasteiger charge is 2.41. The van der Waals surface area contributed by atoms with Gasteiger partial charge in [-0.3, -0.25) is 0 Å². The van der Waals surface area contributed by atoms with Gasteiger partial charge in [0.05, 0.1) is 12.2 Å². The van der Waals surface area contributed by atoms with Crippen molar-refractivity contribution < 1.29 is 9.53 Å². The number of nitrogens with one attached hydrogen (secondary N) is 1. The molecule has 1 fully saturated rings. The van der Waals surface area contributed by atoms with Crippen molar-refractivity contribution in [2.24, 2.45) is 11.8 Å². The Labute approximate surface area is 127 Å². The van der Waals surface area contributed by atoms with Gasteiger partial charge < -0.3 is 10.1 Å². The lowest BCUT2D eigenvalue weighted by atomic mass is 9.71. The molecule has 0 saturated heterocycles. The highest BCUT2D eigenvalue weighted by Crippen LogP contribution is 2.44. The van der Waals surface area contributed by atoms with Crippen molar-refractivity contribution in [2.75, 3.05) is 11.9 Å². The van der Waals surface area contributed by atoms with Gasteiger partial charge >= 0.3 is 5.97 Å². The molecule has 2 aliphatic rings. The second-order valence-electron chi connectivity index (χ2n) is 5.40. The van der Waals surface area contributed by atoms with Crippen molar-refractivity contribution in [2.45, 2.75) is 25.8 Å². The lowest BCUT2D eigenvalue weighted by molar-refractivity contribution is 0.0526. The van der Waals surface area contributed by atoms with Crippen LogP contribution >= 0.6 is 15.9 Å². The predicted octanol–water partition coefficient (Wildman–Crippen LogP) is 4.00. The van der Waals surface area contributed by atoms with Crippen LogP contribution in [0.15, 0.2) is 34.8 Å². The zero-order valence-corrected chi connectivity index (χ0v) is 13.0. The van der Waals surface area contributed by atoms with Crippen LogP contribution in [0.2, 0.25) is 0 Å². The van der Waals surface area contributed by atoms with Crippen molar-refractivity contribution in [1.29, 1.82) is 0 Å². The number of hydrogen-bond acceptors (Lipinski definition) is 3. The fourth-order valence-electron chi connectivity index (χ4n) is 3.06. The minimum atomic E-state index is -0.276. The highest BCUT2D eigenvalue weighted by atomic mass is 79.9. The lowest BCUT2D eigenvalue weighted by Gasteiger charge is -2.41. The van der Waals surface area contributed by atoms with Crippen LogP contribution in [0.4, 0.5) is 5.69 Å². The number of hydrogen-bond donors (Lipinski definition) is 1. The summed E-state index contributed by atoms with van der Waals surface area (Å²) in [6.07, 6.45) is 7.07. The van der Waals surface area contributed by atoms with Crippen LogP contribution in [-0.4, -0.2) is 18.6 Å². The van der Waals surface area contributed by atoms with E-state index in [-0.39, 0.29) is 5.97 Å². The average Bonchev–Trinajstić information content (AvgIpc) is 2.79. The van der Waals surface area contributed by atoms with Crippen LogP contribution in [0.1, 0.15) is 30.1 Å². The molecule has 1 aromatic rings. The van der Waals surface area contributed by atoms with Gasteiger partial charge in [0.1, 0.15) is 0 Å². The summed E-state index contributed by atoms with van der Waals surface area (Å²) in [6.45, 7) is 2.21. The average molecular weight is 336 g/mol. The van der Waals surface area contributed by atoms with E-state index >= 15 is 0 Å². The molecule has 0 aliphatic heterocycles. The smallest absolute Gasteiger partial charge is 0.338 e. The maximum atomic E-state index is 11.7. The normalized spacial score (nSPS) is 26.8. The van der Waals surface area contributed by atoms with E-state index in [9.17, 15) is 4.79 Å². The Hall–Kier alpha value is -1.29. The van der Waals surface area contributed by atoms with Gasteiger partial charge in [0, 0.05) is 22.1 Å². The third-order valence-corrected chi connectivity index (χ3v) is 4.84. The number of rotatable bonds is 4. The molecule has 0 heterocycles. The number of esters is 1. The number of carbonyl (C=O) groups is 1. The first-order valence-corrected chi connectivity index (χ1v) is 7.88. The van der Waals surface area contributed by atoms with Gasteiger partial charge in [-0.15, -0.1) is 0 Å².